The van der Waals surface area contributed by atoms with E-state index < -0.39 is 11.6 Å². The van der Waals surface area contributed by atoms with E-state index in [4.69, 9.17) is 0 Å². The number of nitrogens with one attached hydrogen (secondary N) is 1. The van der Waals surface area contributed by atoms with Gasteiger partial charge in [0.2, 0.25) is 0 Å². The minimum Gasteiger partial charge on any atom is -0.342 e. The lowest BCUT2D eigenvalue weighted by Crippen LogP contribution is -2.19. The Morgan fingerprint density at radius 2 is 1.70 bits per heavy atom. The predicted molar refractivity (Wildman–Crippen MR) is 111 cm³/mol. The van der Waals surface area contributed by atoms with Gasteiger partial charge in [0.05, 0.1) is 16.6 Å². The number of imidazole rings is 1. The van der Waals surface area contributed by atoms with E-state index in [0.29, 0.717) is 22.9 Å². The number of aromatic nitrogens is 3. The summed E-state index contributed by atoms with van der Waals surface area (Å²) in [4.78, 5) is 12.0. The molecule has 3 nitrogen and oxygen atoms in total. The van der Waals surface area contributed by atoms with E-state index >= 15 is 0 Å². The first-order valence-electron chi connectivity index (χ1n) is 10.4. The van der Waals surface area contributed by atoms with Crippen LogP contribution >= 0.6 is 0 Å². The highest BCUT2D eigenvalue weighted by molar-refractivity contribution is 5.82. The van der Waals surface area contributed by atoms with E-state index in [0.717, 1.165) is 48.5 Å². The second-order valence-corrected chi connectivity index (χ2v) is 8.37. The average Bonchev–Trinajstić information content (AvgIpc) is 3.16. The smallest absolute Gasteiger partial charge is 0.161 e. The number of hydrogen-bond donors (Lipinski definition) is 1. The zero-order chi connectivity index (χ0) is 20.8. The minimum absolute atomic E-state index is 0.163. The summed E-state index contributed by atoms with van der Waals surface area (Å²) >= 11 is 0. The predicted octanol–water partition coefficient (Wildman–Crippen LogP) is 6.61. The van der Waals surface area contributed by atoms with Crippen molar-refractivity contribution in [2.75, 3.05) is 0 Å². The van der Waals surface area contributed by atoms with Crippen molar-refractivity contribution >= 4 is 21.9 Å². The summed E-state index contributed by atoms with van der Waals surface area (Å²) in [6.07, 6.45) is 5.86. The normalized spacial score (nSPS) is 20.7. The molecule has 1 atom stereocenters. The molecule has 1 saturated carbocycles. The average molecular weight is 409 g/mol. The molecule has 1 aliphatic carbocycles. The zero-order valence-electron chi connectivity index (χ0n) is 16.6. The van der Waals surface area contributed by atoms with Crippen molar-refractivity contribution in [3.63, 3.8) is 0 Å². The molecule has 1 N–H and O–H groups in total. The third-order valence-electron chi connectivity index (χ3n) is 6.63. The molecule has 2 heterocycles. The summed E-state index contributed by atoms with van der Waals surface area (Å²) in [6.45, 7) is 2.12. The van der Waals surface area contributed by atoms with Crippen molar-refractivity contribution in [2.24, 2.45) is 5.92 Å². The fourth-order valence-electron chi connectivity index (χ4n) is 4.89. The third-order valence-corrected chi connectivity index (χ3v) is 6.63. The molecule has 1 fully saturated rings. The third kappa shape index (κ3) is 3.34. The Balaban J connectivity index is 1.34. The lowest BCUT2D eigenvalue weighted by atomic mass is 9.73. The molecule has 5 rings (SSSR count). The quantitative estimate of drug-likeness (QED) is 0.414. The second kappa shape index (κ2) is 7.42. The van der Waals surface area contributed by atoms with Crippen molar-refractivity contribution in [3.05, 3.63) is 71.4 Å². The van der Waals surface area contributed by atoms with Gasteiger partial charge in [-0.15, -0.1) is 0 Å². The van der Waals surface area contributed by atoms with Crippen LogP contribution in [0.15, 0.2) is 42.6 Å². The SMILES string of the molecule is C[C@H](c1nc2cc(F)c(F)cc2[nH]1)[C@H]1CC[C@H](c2ccnc3ccc(F)cc32)CC1. The molecule has 4 aromatic rings. The molecular formula is C24H22F3N3. The van der Waals surface area contributed by atoms with Crippen LogP contribution in [0.2, 0.25) is 0 Å². The van der Waals surface area contributed by atoms with Crippen LogP contribution in [0.5, 0.6) is 0 Å². The Morgan fingerprint density at radius 1 is 0.933 bits per heavy atom. The van der Waals surface area contributed by atoms with Crippen LogP contribution in [0, 0.1) is 23.4 Å². The first-order chi connectivity index (χ1) is 14.5. The molecule has 0 spiro atoms. The standard InChI is InChI=1S/C24H22F3N3/c1-13(24-29-22-11-19(26)20(27)12-23(22)30-24)14-2-4-15(5-3-14)17-8-9-28-21-7-6-16(25)10-18(17)21/h6-15H,2-5H2,1H3,(H,29,30)/t13-,14-,15-/m0/s1. The fraction of sp³-hybridized carbons (Fsp3) is 0.333. The summed E-state index contributed by atoms with van der Waals surface area (Å²) < 4.78 is 40.8. The van der Waals surface area contributed by atoms with Crippen LogP contribution in [0.4, 0.5) is 13.2 Å². The Hall–Kier alpha value is -2.89. The monoisotopic (exact) mass is 409 g/mol. The van der Waals surface area contributed by atoms with Gasteiger partial charge >= 0.3 is 0 Å². The highest BCUT2D eigenvalue weighted by Crippen LogP contribution is 2.43. The zero-order valence-corrected chi connectivity index (χ0v) is 16.6. The first-order valence-corrected chi connectivity index (χ1v) is 10.4. The summed E-state index contributed by atoms with van der Waals surface area (Å²) in [5, 5.41) is 0.898. The summed E-state index contributed by atoms with van der Waals surface area (Å²) in [7, 11) is 0. The number of nitrogens with zero attached hydrogens (tertiary/aromatic N) is 2. The van der Waals surface area contributed by atoms with Gasteiger partial charge in [0.25, 0.3) is 0 Å². The summed E-state index contributed by atoms with van der Waals surface area (Å²) in [5.74, 6) is -0.245. The van der Waals surface area contributed by atoms with Crippen LogP contribution in [0.1, 0.15) is 55.8 Å². The van der Waals surface area contributed by atoms with Crippen LogP contribution < -0.4 is 0 Å². The Kier molecular flexibility index (Phi) is 4.72. The Bertz CT molecular complexity index is 1190. The summed E-state index contributed by atoms with van der Waals surface area (Å²) in [6, 6.07) is 9.08. The van der Waals surface area contributed by atoms with Gasteiger partial charge in [-0.1, -0.05) is 6.92 Å². The number of hydrogen-bond acceptors (Lipinski definition) is 2. The number of H-pyrrole nitrogens is 1. The van der Waals surface area contributed by atoms with Crippen molar-refractivity contribution in [1.82, 2.24) is 15.0 Å². The van der Waals surface area contributed by atoms with E-state index in [1.165, 1.54) is 17.7 Å². The van der Waals surface area contributed by atoms with Crippen LogP contribution in [0.3, 0.4) is 0 Å². The number of fused-ring (bicyclic) bond motifs is 2. The molecular weight excluding hydrogens is 387 g/mol. The van der Waals surface area contributed by atoms with E-state index in [9.17, 15) is 13.2 Å². The van der Waals surface area contributed by atoms with Crippen LogP contribution in [-0.4, -0.2) is 15.0 Å². The maximum atomic E-state index is 13.8. The second-order valence-electron chi connectivity index (χ2n) is 8.37. The number of halogens is 3. The number of rotatable bonds is 3. The lowest BCUT2D eigenvalue weighted by molar-refractivity contribution is 0.286. The molecule has 0 saturated heterocycles. The molecule has 154 valence electrons. The van der Waals surface area contributed by atoms with E-state index in [1.54, 1.807) is 18.3 Å². The van der Waals surface area contributed by atoms with Crippen LogP contribution in [-0.2, 0) is 0 Å². The molecule has 0 bridgehead atoms. The number of pyridine rings is 1. The molecule has 0 amide bonds. The van der Waals surface area contributed by atoms with Crippen molar-refractivity contribution in [1.29, 1.82) is 0 Å². The first kappa shape index (κ1) is 19.1. The van der Waals surface area contributed by atoms with E-state index in [1.807, 2.05) is 6.07 Å². The molecule has 2 aromatic carbocycles. The maximum Gasteiger partial charge on any atom is 0.161 e. The molecule has 1 aliphatic rings. The van der Waals surface area contributed by atoms with Crippen molar-refractivity contribution < 1.29 is 13.2 Å². The number of aromatic amines is 1. The summed E-state index contributed by atoms with van der Waals surface area (Å²) in [5.41, 5.74) is 2.97. The van der Waals surface area contributed by atoms with Gasteiger partial charge < -0.3 is 4.98 Å². The Labute approximate surface area is 172 Å². The number of benzene rings is 2. The van der Waals surface area contributed by atoms with Gasteiger partial charge in [-0.25, -0.2) is 18.2 Å². The lowest BCUT2D eigenvalue weighted by Gasteiger charge is -2.32. The molecule has 0 unspecified atom stereocenters. The van der Waals surface area contributed by atoms with Gasteiger partial charge in [-0.05, 0) is 67.3 Å². The van der Waals surface area contributed by atoms with Gasteiger partial charge in [0.1, 0.15) is 11.6 Å². The molecule has 0 radical (unpaired) electrons. The molecule has 2 aromatic heterocycles. The van der Waals surface area contributed by atoms with Gasteiger partial charge in [-0.2, -0.15) is 0 Å². The minimum atomic E-state index is -0.880. The highest BCUT2D eigenvalue weighted by Gasteiger charge is 2.29. The largest absolute Gasteiger partial charge is 0.342 e. The van der Waals surface area contributed by atoms with E-state index in [-0.39, 0.29) is 11.7 Å². The Morgan fingerprint density at radius 3 is 2.50 bits per heavy atom. The van der Waals surface area contributed by atoms with Gasteiger partial charge in [0.15, 0.2) is 11.6 Å². The molecule has 30 heavy (non-hydrogen) atoms. The molecule has 0 aliphatic heterocycles. The fourth-order valence-corrected chi connectivity index (χ4v) is 4.89. The van der Waals surface area contributed by atoms with Crippen molar-refractivity contribution in [3.8, 4) is 0 Å². The van der Waals surface area contributed by atoms with Gasteiger partial charge in [-0.3, -0.25) is 4.98 Å². The topological polar surface area (TPSA) is 41.6 Å². The van der Waals surface area contributed by atoms with E-state index in [2.05, 4.69) is 21.9 Å². The van der Waals surface area contributed by atoms with Crippen molar-refractivity contribution in [2.45, 2.75) is 44.4 Å². The van der Waals surface area contributed by atoms with Gasteiger partial charge in [0, 0.05) is 29.6 Å². The maximum absolute atomic E-state index is 13.8. The molecule has 6 heteroatoms. The van der Waals surface area contributed by atoms with Crippen LogP contribution in [0.25, 0.3) is 21.9 Å². The highest BCUT2D eigenvalue weighted by atomic mass is 19.2.